The Labute approximate surface area is 204 Å². The molecule has 0 saturated heterocycles. The maximum Gasteiger partial charge on any atom is 0.303 e. The van der Waals surface area contributed by atoms with Crippen LogP contribution in [0.5, 0.6) is 11.5 Å². The van der Waals surface area contributed by atoms with Crippen LogP contribution < -0.4 is 15.4 Å². The van der Waals surface area contributed by atoms with Crippen molar-refractivity contribution in [2.24, 2.45) is 0 Å². The number of para-hydroxylation sites is 1. The van der Waals surface area contributed by atoms with Crippen LogP contribution in [0, 0.1) is 0 Å². The van der Waals surface area contributed by atoms with Gasteiger partial charge in [0, 0.05) is 12.6 Å². The quantitative estimate of drug-likeness (QED) is 0.405. The number of hydrogen-bond donors (Lipinski definition) is 2. The summed E-state index contributed by atoms with van der Waals surface area (Å²) in [6.45, 7) is 2.84. The molecule has 3 rings (SSSR count). The van der Waals surface area contributed by atoms with Crippen molar-refractivity contribution >= 4 is 23.5 Å². The molecule has 35 heavy (non-hydrogen) atoms. The van der Waals surface area contributed by atoms with Gasteiger partial charge in [-0.2, -0.15) is 0 Å². The second-order valence-corrected chi connectivity index (χ2v) is 7.74. The van der Waals surface area contributed by atoms with E-state index in [1.165, 1.54) is 13.8 Å². The predicted molar refractivity (Wildman–Crippen MR) is 131 cm³/mol. The lowest BCUT2D eigenvalue weighted by Crippen LogP contribution is -2.50. The normalized spacial score (nSPS) is 12.2. The Morgan fingerprint density at radius 3 is 2.03 bits per heavy atom. The molecule has 0 saturated carbocycles. The SMILES string of the molecule is CC(=O)OC(C)C(=O)NC(COCc1ccccc1)C(=O)Nc1ccc(Oc2ccccc2)cc1. The highest BCUT2D eigenvalue weighted by Crippen LogP contribution is 2.22. The number of rotatable bonds is 11. The molecule has 182 valence electrons. The number of benzene rings is 3. The van der Waals surface area contributed by atoms with Gasteiger partial charge in [-0.05, 0) is 48.9 Å². The number of carbonyl (C=O) groups is 3. The van der Waals surface area contributed by atoms with E-state index in [4.69, 9.17) is 14.2 Å². The zero-order chi connectivity index (χ0) is 25.0. The number of esters is 1. The van der Waals surface area contributed by atoms with Crippen LogP contribution in [-0.4, -0.2) is 36.5 Å². The first kappa shape index (κ1) is 25.5. The molecular weight excluding hydrogens is 448 g/mol. The van der Waals surface area contributed by atoms with Crippen molar-refractivity contribution in [2.45, 2.75) is 32.6 Å². The van der Waals surface area contributed by atoms with Crippen LogP contribution in [0.4, 0.5) is 5.69 Å². The summed E-state index contributed by atoms with van der Waals surface area (Å²) in [5.74, 6) is -0.356. The first-order valence-electron chi connectivity index (χ1n) is 11.1. The van der Waals surface area contributed by atoms with Crippen LogP contribution in [0.15, 0.2) is 84.9 Å². The highest BCUT2D eigenvalue weighted by molar-refractivity contribution is 5.98. The zero-order valence-corrected chi connectivity index (χ0v) is 19.6. The second kappa shape index (κ2) is 12.9. The van der Waals surface area contributed by atoms with E-state index in [9.17, 15) is 14.4 Å². The van der Waals surface area contributed by atoms with Gasteiger partial charge < -0.3 is 24.8 Å². The molecule has 0 spiro atoms. The van der Waals surface area contributed by atoms with Gasteiger partial charge in [0.05, 0.1) is 13.2 Å². The average molecular weight is 477 g/mol. The van der Waals surface area contributed by atoms with E-state index in [0.717, 1.165) is 5.56 Å². The van der Waals surface area contributed by atoms with Gasteiger partial charge in [0.2, 0.25) is 5.91 Å². The summed E-state index contributed by atoms with van der Waals surface area (Å²) >= 11 is 0. The molecule has 2 unspecified atom stereocenters. The smallest absolute Gasteiger partial charge is 0.303 e. The van der Waals surface area contributed by atoms with E-state index in [1.54, 1.807) is 24.3 Å². The zero-order valence-electron chi connectivity index (χ0n) is 19.6. The summed E-state index contributed by atoms with van der Waals surface area (Å²) in [6.07, 6.45) is -1.05. The highest BCUT2D eigenvalue weighted by Gasteiger charge is 2.25. The van der Waals surface area contributed by atoms with Crippen LogP contribution in [0.3, 0.4) is 0 Å². The van der Waals surface area contributed by atoms with E-state index in [0.29, 0.717) is 17.2 Å². The van der Waals surface area contributed by atoms with Gasteiger partial charge in [-0.1, -0.05) is 48.5 Å². The Morgan fingerprint density at radius 2 is 1.40 bits per heavy atom. The van der Waals surface area contributed by atoms with Crippen LogP contribution in [0.25, 0.3) is 0 Å². The molecule has 0 aliphatic rings. The minimum Gasteiger partial charge on any atom is -0.457 e. The summed E-state index contributed by atoms with van der Waals surface area (Å²) in [7, 11) is 0. The van der Waals surface area contributed by atoms with Crippen molar-refractivity contribution in [2.75, 3.05) is 11.9 Å². The molecule has 0 heterocycles. The van der Waals surface area contributed by atoms with Gasteiger partial charge in [-0.25, -0.2) is 0 Å². The number of ether oxygens (including phenoxy) is 3. The lowest BCUT2D eigenvalue weighted by atomic mass is 10.2. The summed E-state index contributed by atoms with van der Waals surface area (Å²) in [6, 6.07) is 24.6. The maximum atomic E-state index is 13.0. The fraction of sp³-hybridized carbons (Fsp3) is 0.222. The van der Waals surface area contributed by atoms with Crippen LogP contribution >= 0.6 is 0 Å². The number of hydrogen-bond acceptors (Lipinski definition) is 6. The molecule has 0 aromatic heterocycles. The Kier molecular flexibility index (Phi) is 9.39. The molecular formula is C27H28N2O6. The highest BCUT2D eigenvalue weighted by atomic mass is 16.5. The van der Waals surface area contributed by atoms with E-state index in [2.05, 4.69) is 10.6 Å². The summed E-state index contributed by atoms with van der Waals surface area (Å²) in [4.78, 5) is 36.6. The Balaban J connectivity index is 1.62. The molecule has 3 aromatic rings. The molecule has 2 amide bonds. The molecule has 0 bridgehead atoms. The molecule has 0 aliphatic carbocycles. The molecule has 8 heteroatoms. The minimum absolute atomic E-state index is 0.0749. The summed E-state index contributed by atoms with van der Waals surface area (Å²) < 4.78 is 16.4. The van der Waals surface area contributed by atoms with Gasteiger partial charge in [0.1, 0.15) is 17.5 Å². The largest absolute Gasteiger partial charge is 0.457 e. The lowest BCUT2D eigenvalue weighted by Gasteiger charge is -2.21. The molecule has 8 nitrogen and oxygen atoms in total. The monoisotopic (exact) mass is 476 g/mol. The standard InChI is InChI=1S/C27H28N2O6/c1-19(34-20(2)30)26(31)29-25(18-33-17-21-9-5-3-6-10-21)27(32)28-22-13-15-24(16-14-22)35-23-11-7-4-8-12-23/h3-16,19,25H,17-18H2,1-2H3,(H,28,32)(H,29,31). The Hall–Kier alpha value is -4.17. The third-order valence-corrected chi connectivity index (χ3v) is 4.84. The van der Waals surface area contributed by atoms with E-state index >= 15 is 0 Å². The molecule has 0 radical (unpaired) electrons. The molecule has 0 fully saturated rings. The van der Waals surface area contributed by atoms with Gasteiger partial charge in [0.15, 0.2) is 6.10 Å². The van der Waals surface area contributed by atoms with Crippen molar-refractivity contribution in [1.82, 2.24) is 5.32 Å². The topological polar surface area (TPSA) is 103 Å². The summed E-state index contributed by atoms with van der Waals surface area (Å²) in [5.41, 5.74) is 1.45. The third kappa shape index (κ3) is 8.60. The van der Waals surface area contributed by atoms with Crippen molar-refractivity contribution in [3.05, 3.63) is 90.5 Å². The maximum absolute atomic E-state index is 13.0. The van der Waals surface area contributed by atoms with Crippen molar-refractivity contribution in [1.29, 1.82) is 0 Å². The fourth-order valence-corrected chi connectivity index (χ4v) is 3.10. The van der Waals surface area contributed by atoms with Crippen molar-refractivity contribution in [3.8, 4) is 11.5 Å². The minimum atomic E-state index is -1.05. The molecule has 0 aliphatic heterocycles. The predicted octanol–water partition coefficient (Wildman–Crippen LogP) is 4.07. The van der Waals surface area contributed by atoms with Crippen molar-refractivity contribution < 1.29 is 28.6 Å². The number of carbonyl (C=O) groups excluding carboxylic acids is 3. The third-order valence-electron chi connectivity index (χ3n) is 4.84. The van der Waals surface area contributed by atoms with Crippen LogP contribution in [-0.2, 0) is 30.5 Å². The lowest BCUT2D eigenvalue weighted by molar-refractivity contribution is -0.153. The summed E-state index contributed by atoms with van der Waals surface area (Å²) in [5, 5.41) is 5.36. The van der Waals surface area contributed by atoms with Gasteiger partial charge in [0.25, 0.3) is 5.91 Å². The first-order valence-corrected chi connectivity index (χ1v) is 11.1. The van der Waals surface area contributed by atoms with Crippen molar-refractivity contribution in [3.63, 3.8) is 0 Å². The molecule has 2 N–H and O–H groups in total. The van der Waals surface area contributed by atoms with Gasteiger partial charge >= 0.3 is 5.97 Å². The second-order valence-electron chi connectivity index (χ2n) is 7.74. The number of amides is 2. The van der Waals surface area contributed by atoms with Crippen LogP contribution in [0.1, 0.15) is 19.4 Å². The molecule has 2 atom stereocenters. The average Bonchev–Trinajstić information content (AvgIpc) is 2.85. The molecule has 3 aromatic carbocycles. The Bertz CT molecular complexity index is 1100. The van der Waals surface area contributed by atoms with Gasteiger partial charge in [-0.15, -0.1) is 0 Å². The number of anilines is 1. The van der Waals surface area contributed by atoms with Crippen LogP contribution in [0.2, 0.25) is 0 Å². The van der Waals surface area contributed by atoms with E-state index < -0.39 is 29.9 Å². The first-order chi connectivity index (χ1) is 16.9. The van der Waals surface area contributed by atoms with E-state index in [-0.39, 0.29) is 13.2 Å². The Morgan fingerprint density at radius 1 is 0.800 bits per heavy atom. The fourth-order valence-electron chi connectivity index (χ4n) is 3.10. The van der Waals surface area contributed by atoms with Gasteiger partial charge in [-0.3, -0.25) is 14.4 Å². The van der Waals surface area contributed by atoms with E-state index in [1.807, 2.05) is 60.7 Å². The number of nitrogens with one attached hydrogen (secondary N) is 2.